The van der Waals surface area contributed by atoms with Crippen molar-refractivity contribution in [1.29, 1.82) is 0 Å². The second-order valence-corrected chi connectivity index (χ2v) is 14.1. The summed E-state index contributed by atoms with van der Waals surface area (Å²) < 4.78 is 1.79. The van der Waals surface area contributed by atoms with Gasteiger partial charge < -0.3 is 5.11 Å². The number of rotatable bonds is 3. The Kier molecular flexibility index (Phi) is 6.89. The SMILES string of the molecule is CC(C)(C)c1cc(C(O)c2cn(-c3cc(C(C)(C)C)cc(C(C)(C)C)c3)nn2)cc(C(C)(C)C)c1. The van der Waals surface area contributed by atoms with Gasteiger partial charge in [-0.25, -0.2) is 4.68 Å². The van der Waals surface area contributed by atoms with Crippen LogP contribution < -0.4 is 0 Å². The van der Waals surface area contributed by atoms with E-state index in [1.807, 2.05) is 6.20 Å². The highest BCUT2D eigenvalue weighted by molar-refractivity contribution is 5.45. The fourth-order valence-corrected chi connectivity index (χ4v) is 3.98. The highest BCUT2D eigenvalue weighted by Gasteiger charge is 2.25. The predicted molar refractivity (Wildman–Crippen MR) is 147 cm³/mol. The van der Waals surface area contributed by atoms with Crippen LogP contribution in [-0.4, -0.2) is 20.1 Å². The van der Waals surface area contributed by atoms with Crippen LogP contribution in [0.15, 0.2) is 42.6 Å². The van der Waals surface area contributed by atoms with Gasteiger partial charge in [0.2, 0.25) is 0 Å². The number of hydrogen-bond donors (Lipinski definition) is 1. The van der Waals surface area contributed by atoms with Crippen molar-refractivity contribution >= 4 is 0 Å². The lowest BCUT2D eigenvalue weighted by atomic mass is 9.79. The number of aliphatic hydroxyl groups excluding tert-OH is 1. The van der Waals surface area contributed by atoms with Crippen molar-refractivity contribution in [1.82, 2.24) is 15.0 Å². The Morgan fingerprint density at radius 3 is 1.34 bits per heavy atom. The molecular weight excluding hydrogens is 430 g/mol. The summed E-state index contributed by atoms with van der Waals surface area (Å²) in [5.74, 6) is 0. The summed E-state index contributed by atoms with van der Waals surface area (Å²) in [4.78, 5) is 0. The molecule has 3 aromatic rings. The Morgan fingerprint density at radius 1 is 0.600 bits per heavy atom. The number of hydrogen-bond acceptors (Lipinski definition) is 3. The maximum Gasteiger partial charge on any atom is 0.124 e. The molecule has 0 aliphatic rings. The number of aliphatic hydroxyl groups is 1. The largest absolute Gasteiger partial charge is 0.382 e. The van der Waals surface area contributed by atoms with Gasteiger partial charge in [0, 0.05) is 0 Å². The Hall–Kier alpha value is -2.46. The Labute approximate surface area is 212 Å². The van der Waals surface area contributed by atoms with Gasteiger partial charge in [0.1, 0.15) is 11.8 Å². The first-order chi connectivity index (χ1) is 15.8. The molecule has 0 saturated heterocycles. The van der Waals surface area contributed by atoms with Crippen molar-refractivity contribution in [2.75, 3.05) is 0 Å². The van der Waals surface area contributed by atoms with E-state index < -0.39 is 6.10 Å². The van der Waals surface area contributed by atoms with Crippen LogP contribution in [0.5, 0.6) is 0 Å². The Morgan fingerprint density at radius 2 is 0.971 bits per heavy atom. The van der Waals surface area contributed by atoms with Gasteiger partial charge in [0.25, 0.3) is 0 Å². The van der Waals surface area contributed by atoms with Crippen LogP contribution in [0.4, 0.5) is 0 Å². The third kappa shape index (κ3) is 6.22. The molecule has 0 spiro atoms. The third-order valence-electron chi connectivity index (χ3n) is 6.71. The quantitative estimate of drug-likeness (QED) is 0.426. The Bertz CT molecular complexity index is 1130. The molecule has 4 heteroatoms. The molecule has 1 unspecified atom stereocenters. The van der Waals surface area contributed by atoms with Gasteiger partial charge in [-0.05, 0) is 61.6 Å². The maximum atomic E-state index is 11.4. The molecule has 0 amide bonds. The second-order valence-electron chi connectivity index (χ2n) is 14.1. The molecule has 190 valence electrons. The number of nitrogens with zero attached hydrogens (tertiary/aromatic N) is 3. The fraction of sp³-hybridized carbons (Fsp3) is 0.548. The van der Waals surface area contributed by atoms with Crippen molar-refractivity contribution in [2.24, 2.45) is 0 Å². The molecular formula is C31H45N3O. The summed E-state index contributed by atoms with van der Waals surface area (Å²) in [6.07, 6.45) is 1.01. The maximum absolute atomic E-state index is 11.4. The van der Waals surface area contributed by atoms with E-state index in [1.54, 1.807) is 4.68 Å². The molecule has 0 saturated carbocycles. The van der Waals surface area contributed by atoms with E-state index in [-0.39, 0.29) is 21.7 Å². The molecule has 0 bridgehead atoms. The summed E-state index contributed by atoms with van der Waals surface area (Å²) in [5, 5.41) is 20.2. The molecule has 0 aliphatic heterocycles. The lowest BCUT2D eigenvalue weighted by Gasteiger charge is -2.27. The number of aromatic nitrogens is 3. The van der Waals surface area contributed by atoms with Gasteiger partial charge in [-0.2, -0.15) is 0 Å². The van der Waals surface area contributed by atoms with Crippen molar-refractivity contribution in [3.8, 4) is 5.69 Å². The van der Waals surface area contributed by atoms with Crippen LogP contribution in [-0.2, 0) is 21.7 Å². The summed E-state index contributed by atoms with van der Waals surface area (Å²) in [7, 11) is 0. The molecule has 35 heavy (non-hydrogen) atoms. The molecule has 0 radical (unpaired) electrons. The van der Waals surface area contributed by atoms with Gasteiger partial charge in [-0.3, -0.25) is 0 Å². The summed E-state index contributed by atoms with van der Waals surface area (Å²) >= 11 is 0. The average molecular weight is 476 g/mol. The monoisotopic (exact) mass is 475 g/mol. The van der Waals surface area contributed by atoms with Crippen LogP contribution in [0.2, 0.25) is 0 Å². The van der Waals surface area contributed by atoms with Gasteiger partial charge in [0.15, 0.2) is 0 Å². The van der Waals surface area contributed by atoms with Gasteiger partial charge in [-0.15, -0.1) is 5.10 Å². The van der Waals surface area contributed by atoms with E-state index in [0.717, 1.165) is 11.3 Å². The molecule has 3 rings (SSSR count). The zero-order valence-electron chi connectivity index (χ0n) is 23.9. The molecule has 0 aliphatic carbocycles. The lowest BCUT2D eigenvalue weighted by molar-refractivity contribution is 0.214. The van der Waals surface area contributed by atoms with Gasteiger partial charge in [-0.1, -0.05) is 113 Å². The first-order valence-electron chi connectivity index (χ1n) is 12.7. The average Bonchev–Trinajstić information content (AvgIpc) is 3.20. The molecule has 4 nitrogen and oxygen atoms in total. The smallest absolute Gasteiger partial charge is 0.124 e. The lowest BCUT2D eigenvalue weighted by Crippen LogP contribution is -2.18. The van der Waals surface area contributed by atoms with Crippen LogP contribution in [0.1, 0.15) is 123 Å². The van der Waals surface area contributed by atoms with Crippen molar-refractivity contribution in [3.05, 3.63) is 76.1 Å². The molecule has 1 N–H and O–H groups in total. The minimum Gasteiger partial charge on any atom is -0.382 e. The van der Waals surface area contributed by atoms with Crippen LogP contribution >= 0.6 is 0 Å². The highest BCUT2D eigenvalue weighted by atomic mass is 16.3. The van der Waals surface area contributed by atoms with E-state index in [9.17, 15) is 5.11 Å². The van der Waals surface area contributed by atoms with E-state index in [4.69, 9.17) is 0 Å². The van der Waals surface area contributed by atoms with E-state index in [0.29, 0.717) is 5.69 Å². The third-order valence-corrected chi connectivity index (χ3v) is 6.71. The molecule has 2 aromatic carbocycles. The molecule has 0 fully saturated rings. The van der Waals surface area contributed by atoms with Gasteiger partial charge in [0.05, 0.1) is 11.9 Å². The standard InChI is InChI=1S/C31H45N3O/c1-28(2,3)21-13-20(14-22(15-21)29(4,5)6)27(35)26-19-34(33-32-26)25-17-23(30(7,8)9)16-24(18-25)31(10,11)12/h13-19,27,35H,1-12H3. The second kappa shape index (κ2) is 8.89. The van der Waals surface area contributed by atoms with E-state index in [1.165, 1.54) is 22.3 Å². The topological polar surface area (TPSA) is 50.9 Å². The van der Waals surface area contributed by atoms with Crippen LogP contribution in [0, 0.1) is 0 Å². The summed E-state index contributed by atoms with van der Waals surface area (Å²) in [5.41, 5.74) is 7.27. The zero-order chi connectivity index (χ0) is 26.6. The van der Waals surface area contributed by atoms with E-state index >= 15 is 0 Å². The predicted octanol–water partition coefficient (Wildman–Crippen LogP) is 7.54. The first kappa shape index (κ1) is 27.1. The number of benzene rings is 2. The van der Waals surface area contributed by atoms with Gasteiger partial charge >= 0.3 is 0 Å². The van der Waals surface area contributed by atoms with Crippen LogP contribution in [0.25, 0.3) is 5.69 Å². The fourth-order valence-electron chi connectivity index (χ4n) is 3.98. The summed E-state index contributed by atoms with van der Waals surface area (Å²) in [6.45, 7) is 26.6. The minimum atomic E-state index is -0.847. The van der Waals surface area contributed by atoms with E-state index in [2.05, 4.69) is 130 Å². The molecule has 1 aromatic heterocycles. The van der Waals surface area contributed by atoms with Crippen molar-refractivity contribution < 1.29 is 5.11 Å². The molecule has 1 heterocycles. The Balaban J connectivity index is 2.08. The van der Waals surface area contributed by atoms with Crippen molar-refractivity contribution in [3.63, 3.8) is 0 Å². The highest BCUT2D eigenvalue weighted by Crippen LogP contribution is 2.34. The summed E-state index contributed by atoms with van der Waals surface area (Å²) in [6, 6.07) is 13.1. The minimum absolute atomic E-state index is 0.00961. The molecule has 1 atom stereocenters. The first-order valence-corrected chi connectivity index (χ1v) is 12.7. The van der Waals surface area contributed by atoms with Crippen LogP contribution in [0.3, 0.4) is 0 Å². The zero-order valence-corrected chi connectivity index (χ0v) is 23.9. The van der Waals surface area contributed by atoms with Crippen molar-refractivity contribution in [2.45, 2.75) is 111 Å². The normalized spacial score (nSPS) is 14.3.